The molecule has 9 heavy (non-hydrogen) atoms. The molecule has 0 N–H and O–H groups in total. The zero-order valence-electron chi connectivity index (χ0n) is 6.35. The van der Waals surface area contributed by atoms with Crippen molar-refractivity contribution in [3.05, 3.63) is 0 Å². The van der Waals surface area contributed by atoms with Crippen LogP contribution in [-0.4, -0.2) is 26.4 Å². The second kappa shape index (κ2) is 7.92. The van der Waals surface area contributed by atoms with Crippen molar-refractivity contribution in [2.45, 2.75) is 20.3 Å². The minimum Gasteiger partial charge on any atom is -0.382 e. The van der Waals surface area contributed by atoms with Gasteiger partial charge in [-0.3, -0.25) is 0 Å². The molecule has 0 aromatic rings. The van der Waals surface area contributed by atoms with Gasteiger partial charge in [0.1, 0.15) is 0 Å². The van der Waals surface area contributed by atoms with Crippen LogP contribution < -0.4 is 0 Å². The molecule has 56 valence electrons. The van der Waals surface area contributed by atoms with Gasteiger partial charge < -0.3 is 9.47 Å². The summed E-state index contributed by atoms with van der Waals surface area (Å²) in [6.45, 7) is 7.28. The summed E-state index contributed by atoms with van der Waals surface area (Å²) in [6.07, 6.45) is 1.02. The van der Waals surface area contributed by atoms with E-state index in [1.807, 2.05) is 13.8 Å². The Kier molecular flexibility index (Phi) is 7.85. The van der Waals surface area contributed by atoms with Crippen molar-refractivity contribution in [3.8, 4) is 0 Å². The molecule has 0 fully saturated rings. The van der Waals surface area contributed by atoms with Gasteiger partial charge in [-0.05, 0) is 20.3 Å². The first-order valence-electron chi connectivity index (χ1n) is 3.57. The highest BCUT2D eigenvalue weighted by atomic mass is 16.5. The zero-order chi connectivity index (χ0) is 6.95. The predicted molar refractivity (Wildman–Crippen MR) is 37.6 cm³/mol. The van der Waals surface area contributed by atoms with E-state index in [-0.39, 0.29) is 0 Å². The lowest BCUT2D eigenvalue weighted by atomic mass is 10.5. The standard InChI is InChI=1S/C7H16O2/c1-3-8-6-5-7-9-4-2/h3-7H2,1-2H3. The van der Waals surface area contributed by atoms with Crippen LogP contribution in [0.5, 0.6) is 0 Å². The largest absolute Gasteiger partial charge is 0.382 e. The van der Waals surface area contributed by atoms with Crippen LogP contribution >= 0.6 is 0 Å². The van der Waals surface area contributed by atoms with E-state index < -0.39 is 0 Å². The third kappa shape index (κ3) is 7.92. The number of ether oxygens (including phenoxy) is 2. The van der Waals surface area contributed by atoms with Gasteiger partial charge in [-0.25, -0.2) is 0 Å². The molecule has 0 aliphatic heterocycles. The summed E-state index contributed by atoms with van der Waals surface area (Å²) in [5.41, 5.74) is 0. The maximum Gasteiger partial charge on any atom is 0.0487 e. The van der Waals surface area contributed by atoms with E-state index >= 15 is 0 Å². The fraction of sp³-hybridized carbons (Fsp3) is 1.00. The third-order valence-electron chi connectivity index (χ3n) is 0.986. The lowest BCUT2D eigenvalue weighted by Gasteiger charge is -2.00. The fourth-order valence-corrected chi connectivity index (χ4v) is 0.552. The molecular formula is C7H16O2. The first-order valence-corrected chi connectivity index (χ1v) is 3.57. The lowest BCUT2D eigenvalue weighted by molar-refractivity contribution is 0.0939. The van der Waals surface area contributed by atoms with Gasteiger partial charge in [-0.2, -0.15) is 0 Å². The summed E-state index contributed by atoms with van der Waals surface area (Å²) >= 11 is 0. The van der Waals surface area contributed by atoms with Crippen LogP contribution in [0.15, 0.2) is 0 Å². The van der Waals surface area contributed by atoms with Crippen LogP contribution in [0, 0.1) is 0 Å². The molecule has 0 unspecified atom stereocenters. The van der Waals surface area contributed by atoms with Gasteiger partial charge in [0.05, 0.1) is 0 Å². The first kappa shape index (κ1) is 8.92. The highest BCUT2D eigenvalue weighted by molar-refractivity contribution is 4.31. The Bertz CT molecular complexity index is 40.2. The van der Waals surface area contributed by atoms with Crippen molar-refractivity contribution in [2.75, 3.05) is 26.4 Å². The predicted octanol–water partition coefficient (Wildman–Crippen LogP) is 1.45. The van der Waals surface area contributed by atoms with Gasteiger partial charge in [0.25, 0.3) is 0 Å². The highest BCUT2D eigenvalue weighted by Crippen LogP contribution is 1.83. The molecule has 0 amide bonds. The van der Waals surface area contributed by atoms with E-state index in [4.69, 9.17) is 9.47 Å². The maximum absolute atomic E-state index is 5.10. The van der Waals surface area contributed by atoms with Gasteiger partial charge >= 0.3 is 0 Å². The van der Waals surface area contributed by atoms with Crippen molar-refractivity contribution in [3.63, 3.8) is 0 Å². The highest BCUT2D eigenvalue weighted by Gasteiger charge is 1.84. The first-order chi connectivity index (χ1) is 4.41. The van der Waals surface area contributed by atoms with Crippen molar-refractivity contribution in [2.24, 2.45) is 0 Å². The Morgan fingerprint density at radius 1 is 0.889 bits per heavy atom. The Labute approximate surface area is 57.2 Å². The Morgan fingerprint density at radius 2 is 1.33 bits per heavy atom. The van der Waals surface area contributed by atoms with Crippen LogP contribution in [-0.2, 0) is 9.47 Å². The average molecular weight is 132 g/mol. The quantitative estimate of drug-likeness (QED) is 0.509. The number of hydrogen-bond acceptors (Lipinski definition) is 2. The monoisotopic (exact) mass is 132 g/mol. The molecule has 0 spiro atoms. The Hall–Kier alpha value is -0.0800. The van der Waals surface area contributed by atoms with Gasteiger partial charge in [0.15, 0.2) is 0 Å². The maximum atomic E-state index is 5.10. The average Bonchev–Trinajstić information content (AvgIpc) is 1.89. The Morgan fingerprint density at radius 3 is 1.67 bits per heavy atom. The van der Waals surface area contributed by atoms with Gasteiger partial charge in [-0.15, -0.1) is 0 Å². The number of hydrogen-bond donors (Lipinski definition) is 0. The van der Waals surface area contributed by atoms with Crippen LogP contribution in [0.4, 0.5) is 0 Å². The molecule has 0 rings (SSSR count). The molecule has 0 saturated carbocycles. The van der Waals surface area contributed by atoms with E-state index in [1.165, 1.54) is 0 Å². The van der Waals surface area contributed by atoms with E-state index in [1.54, 1.807) is 0 Å². The second-order valence-corrected chi connectivity index (χ2v) is 1.75. The molecule has 0 saturated heterocycles. The third-order valence-corrected chi connectivity index (χ3v) is 0.986. The van der Waals surface area contributed by atoms with Crippen molar-refractivity contribution < 1.29 is 9.47 Å². The van der Waals surface area contributed by atoms with Gasteiger partial charge in [0.2, 0.25) is 0 Å². The van der Waals surface area contributed by atoms with Gasteiger partial charge in [0, 0.05) is 26.4 Å². The van der Waals surface area contributed by atoms with E-state index in [2.05, 4.69) is 0 Å². The van der Waals surface area contributed by atoms with Crippen LogP contribution in [0.25, 0.3) is 0 Å². The minimum atomic E-state index is 0.812. The molecular weight excluding hydrogens is 116 g/mol. The molecule has 0 aliphatic rings. The van der Waals surface area contributed by atoms with Gasteiger partial charge in [-0.1, -0.05) is 0 Å². The molecule has 0 aromatic heterocycles. The van der Waals surface area contributed by atoms with Crippen LogP contribution in [0.1, 0.15) is 20.3 Å². The summed E-state index contributed by atoms with van der Waals surface area (Å²) in [7, 11) is 0. The fourth-order valence-electron chi connectivity index (χ4n) is 0.552. The second-order valence-electron chi connectivity index (χ2n) is 1.75. The molecule has 0 aliphatic carbocycles. The summed E-state index contributed by atoms with van der Waals surface area (Å²) in [5.74, 6) is 0. The summed E-state index contributed by atoms with van der Waals surface area (Å²) in [5, 5.41) is 0. The smallest absolute Gasteiger partial charge is 0.0487 e. The molecule has 0 heterocycles. The SMILES string of the molecule is CCOCCCOCC. The van der Waals surface area contributed by atoms with Crippen molar-refractivity contribution in [1.82, 2.24) is 0 Å². The molecule has 0 radical (unpaired) electrons. The van der Waals surface area contributed by atoms with Crippen LogP contribution in [0.3, 0.4) is 0 Å². The van der Waals surface area contributed by atoms with Crippen LogP contribution in [0.2, 0.25) is 0 Å². The van der Waals surface area contributed by atoms with Crippen molar-refractivity contribution >= 4 is 0 Å². The summed E-state index contributed by atoms with van der Waals surface area (Å²) in [6, 6.07) is 0. The molecule has 0 bridgehead atoms. The topological polar surface area (TPSA) is 18.5 Å². The number of rotatable bonds is 6. The molecule has 2 heteroatoms. The Balaban J connectivity index is 2.60. The van der Waals surface area contributed by atoms with Crippen molar-refractivity contribution in [1.29, 1.82) is 0 Å². The lowest BCUT2D eigenvalue weighted by Crippen LogP contribution is -1.99. The molecule has 0 atom stereocenters. The van der Waals surface area contributed by atoms with E-state index in [0.29, 0.717) is 0 Å². The summed E-state index contributed by atoms with van der Waals surface area (Å²) < 4.78 is 10.2. The van der Waals surface area contributed by atoms with E-state index in [9.17, 15) is 0 Å². The zero-order valence-corrected chi connectivity index (χ0v) is 6.35. The normalized spacial score (nSPS) is 10.0. The molecule has 2 nitrogen and oxygen atoms in total. The molecule has 0 aromatic carbocycles. The summed E-state index contributed by atoms with van der Waals surface area (Å²) in [4.78, 5) is 0. The minimum absolute atomic E-state index is 0.812. The van der Waals surface area contributed by atoms with E-state index in [0.717, 1.165) is 32.8 Å².